The van der Waals surface area contributed by atoms with E-state index < -0.39 is 0 Å². The Balaban J connectivity index is 1.65. The fourth-order valence-electron chi connectivity index (χ4n) is 2.43. The monoisotopic (exact) mass is 356 g/mol. The van der Waals surface area contributed by atoms with Gasteiger partial charge >= 0.3 is 0 Å². The molecular weight excluding hydrogens is 328 g/mol. The van der Waals surface area contributed by atoms with E-state index in [-0.39, 0.29) is 5.56 Å². The zero-order valence-electron chi connectivity index (χ0n) is 15.4. The maximum Gasteiger partial charge on any atom is 0.250 e. The van der Waals surface area contributed by atoms with Gasteiger partial charge in [-0.25, -0.2) is 0 Å². The highest BCUT2D eigenvalue weighted by molar-refractivity contribution is 5.79. The van der Waals surface area contributed by atoms with Crippen molar-refractivity contribution in [3.63, 3.8) is 0 Å². The number of guanidine groups is 1. The molecule has 6 nitrogen and oxygen atoms in total. The molecule has 26 heavy (non-hydrogen) atoms. The number of benzene rings is 1. The minimum atomic E-state index is 0.0458. The molecule has 6 heteroatoms. The molecule has 0 atom stereocenters. The molecule has 0 fully saturated rings. The summed E-state index contributed by atoms with van der Waals surface area (Å²) >= 11 is 0. The first kappa shape index (κ1) is 19.6. The molecule has 1 aromatic carbocycles. The highest BCUT2D eigenvalue weighted by atomic mass is 16.5. The average molecular weight is 356 g/mol. The van der Waals surface area contributed by atoms with Crippen molar-refractivity contribution in [2.24, 2.45) is 4.99 Å². The second-order valence-corrected chi connectivity index (χ2v) is 5.79. The van der Waals surface area contributed by atoms with Crippen molar-refractivity contribution in [3.05, 3.63) is 65.1 Å². The lowest BCUT2D eigenvalue weighted by Crippen LogP contribution is -2.39. The van der Waals surface area contributed by atoms with Gasteiger partial charge in [0, 0.05) is 31.9 Å². The second kappa shape index (κ2) is 11.7. The molecule has 2 rings (SSSR count). The smallest absolute Gasteiger partial charge is 0.250 e. The molecule has 0 aliphatic carbocycles. The normalized spacial score (nSPS) is 11.2. The second-order valence-electron chi connectivity index (χ2n) is 5.79. The number of hydrogen-bond donors (Lipinski definition) is 2. The van der Waals surface area contributed by atoms with E-state index in [4.69, 9.17) is 4.74 Å². The molecule has 0 aliphatic rings. The van der Waals surface area contributed by atoms with Gasteiger partial charge in [0.2, 0.25) is 5.56 Å². The van der Waals surface area contributed by atoms with E-state index in [1.165, 1.54) is 0 Å². The van der Waals surface area contributed by atoms with Crippen molar-refractivity contribution in [3.8, 4) is 5.75 Å². The predicted octanol–water partition coefficient (Wildman–Crippen LogP) is 2.26. The third-order valence-electron chi connectivity index (χ3n) is 3.73. The van der Waals surface area contributed by atoms with Crippen LogP contribution in [0.3, 0.4) is 0 Å². The zero-order valence-corrected chi connectivity index (χ0v) is 15.4. The highest BCUT2D eigenvalue weighted by Crippen LogP contribution is 2.07. The number of aryl methyl sites for hydroxylation is 1. The zero-order chi connectivity index (χ0) is 18.5. The molecule has 0 unspecified atom stereocenters. The average Bonchev–Trinajstić information content (AvgIpc) is 2.67. The Hall–Kier alpha value is -2.76. The minimum absolute atomic E-state index is 0.0458. The topological polar surface area (TPSA) is 67.7 Å². The van der Waals surface area contributed by atoms with Crippen molar-refractivity contribution >= 4 is 5.96 Å². The van der Waals surface area contributed by atoms with Crippen molar-refractivity contribution in [2.45, 2.75) is 26.3 Å². The summed E-state index contributed by atoms with van der Waals surface area (Å²) in [7, 11) is 0. The first-order chi connectivity index (χ1) is 12.8. The lowest BCUT2D eigenvalue weighted by atomic mass is 10.3. The summed E-state index contributed by atoms with van der Waals surface area (Å²) < 4.78 is 7.39. The fourth-order valence-corrected chi connectivity index (χ4v) is 2.43. The molecule has 0 aliphatic heterocycles. The highest BCUT2D eigenvalue weighted by Gasteiger charge is 1.98. The lowest BCUT2D eigenvalue weighted by molar-refractivity contribution is 0.322. The van der Waals surface area contributed by atoms with Crippen LogP contribution in [0.5, 0.6) is 5.75 Å². The number of pyridine rings is 1. The van der Waals surface area contributed by atoms with Gasteiger partial charge in [0.25, 0.3) is 0 Å². The predicted molar refractivity (Wildman–Crippen MR) is 106 cm³/mol. The van der Waals surface area contributed by atoms with Gasteiger partial charge in [-0.05, 0) is 38.0 Å². The van der Waals surface area contributed by atoms with Gasteiger partial charge < -0.3 is 19.9 Å². The van der Waals surface area contributed by atoms with Gasteiger partial charge in [0.15, 0.2) is 5.96 Å². The summed E-state index contributed by atoms with van der Waals surface area (Å²) in [5, 5.41) is 6.49. The number of nitrogens with one attached hydrogen (secondary N) is 2. The van der Waals surface area contributed by atoms with Gasteiger partial charge in [-0.3, -0.25) is 9.79 Å². The molecule has 0 saturated heterocycles. The summed E-state index contributed by atoms with van der Waals surface area (Å²) in [5.41, 5.74) is 0.0458. The Bertz CT molecular complexity index is 713. The Labute approximate surface area is 154 Å². The maximum absolute atomic E-state index is 11.6. The number of unbranched alkanes of at least 4 members (excludes halogenated alkanes) is 1. The number of hydrogen-bond acceptors (Lipinski definition) is 3. The van der Waals surface area contributed by atoms with E-state index in [1.54, 1.807) is 16.7 Å². The van der Waals surface area contributed by atoms with Crippen LogP contribution in [0.2, 0.25) is 0 Å². The molecular formula is C20H28N4O2. The van der Waals surface area contributed by atoms with Crippen LogP contribution in [0, 0.1) is 0 Å². The summed E-state index contributed by atoms with van der Waals surface area (Å²) in [6.07, 6.45) is 3.67. The summed E-state index contributed by atoms with van der Waals surface area (Å²) in [4.78, 5) is 16.2. The van der Waals surface area contributed by atoms with E-state index in [0.29, 0.717) is 13.2 Å². The van der Waals surface area contributed by atoms with Gasteiger partial charge in [0.05, 0.1) is 6.54 Å². The van der Waals surface area contributed by atoms with E-state index >= 15 is 0 Å². The van der Waals surface area contributed by atoms with Crippen LogP contribution in [0.25, 0.3) is 0 Å². The van der Waals surface area contributed by atoms with E-state index in [2.05, 4.69) is 15.6 Å². The molecule has 0 spiro atoms. The quantitative estimate of drug-likeness (QED) is 0.389. The number of ether oxygens (including phenoxy) is 1. The summed E-state index contributed by atoms with van der Waals surface area (Å²) in [5.74, 6) is 1.66. The largest absolute Gasteiger partial charge is 0.492 e. The van der Waals surface area contributed by atoms with Crippen LogP contribution in [0.1, 0.15) is 19.8 Å². The van der Waals surface area contributed by atoms with E-state index in [9.17, 15) is 4.79 Å². The van der Waals surface area contributed by atoms with E-state index in [0.717, 1.165) is 44.2 Å². The van der Waals surface area contributed by atoms with Crippen LogP contribution >= 0.6 is 0 Å². The Kier molecular flexibility index (Phi) is 8.83. The lowest BCUT2D eigenvalue weighted by Gasteiger charge is -2.12. The van der Waals surface area contributed by atoms with Gasteiger partial charge in [-0.15, -0.1) is 0 Å². The Morgan fingerprint density at radius 3 is 2.65 bits per heavy atom. The van der Waals surface area contributed by atoms with Crippen molar-refractivity contribution in [1.82, 2.24) is 15.2 Å². The van der Waals surface area contributed by atoms with Crippen molar-refractivity contribution in [2.75, 3.05) is 26.2 Å². The van der Waals surface area contributed by atoms with Crippen LogP contribution in [-0.2, 0) is 6.54 Å². The molecule has 140 valence electrons. The minimum Gasteiger partial charge on any atom is -0.492 e. The van der Waals surface area contributed by atoms with Gasteiger partial charge in [0.1, 0.15) is 12.4 Å². The fraction of sp³-hybridized carbons (Fsp3) is 0.400. The van der Waals surface area contributed by atoms with Gasteiger partial charge in [-0.1, -0.05) is 24.3 Å². The molecule has 0 bridgehead atoms. The summed E-state index contributed by atoms with van der Waals surface area (Å²) in [6, 6.07) is 15.0. The molecule has 2 N–H and O–H groups in total. The first-order valence-electron chi connectivity index (χ1n) is 9.15. The van der Waals surface area contributed by atoms with Crippen LogP contribution < -0.4 is 20.9 Å². The van der Waals surface area contributed by atoms with E-state index in [1.807, 2.05) is 49.5 Å². The number of para-hydroxylation sites is 1. The van der Waals surface area contributed by atoms with Gasteiger partial charge in [-0.2, -0.15) is 0 Å². The van der Waals surface area contributed by atoms with Crippen molar-refractivity contribution in [1.29, 1.82) is 0 Å². The number of rotatable bonds is 10. The molecule has 2 aromatic rings. The first-order valence-corrected chi connectivity index (χ1v) is 9.15. The summed E-state index contributed by atoms with van der Waals surface area (Å²) in [6.45, 7) is 5.55. The molecule has 0 radical (unpaired) electrons. The molecule has 0 amide bonds. The Morgan fingerprint density at radius 2 is 1.88 bits per heavy atom. The SMILES string of the molecule is CCNC(=NCCCCn1ccccc1=O)NCCOc1ccccc1. The molecule has 1 heterocycles. The van der Waals surface area contributed by atoms with Crippen molar-refractivity contribution < 1.29 is 4.74 Å². The van der Waals surface area contributed by atoms with Crippen LogP contribution in [-0.4, -0.2) is 36.8 Å². The standard InChI is InChI=1S/C20H28N4O2/c1-2-21-20(23-14-17-26-18-10-4-3-5-11-18)22-13-7-9-16-24-15-8-6-12-19(24)25/h3-6,8,10-12,15H,2,7,9,13-14,16-17H2,1H3,(H2,21,22,23). The Morgan fingerprint density at radius 1 is 1.08 bits per heavy atom. The molecule has 0 saturated carbocycles. The third-order valence-corrected chi connectivity index (χ3v) is 3.73. The number of aliphatic imine (C=N–C) groups is 1. The number of aromatic nitrogens is 1. The van der Waals surface area contributed by atoms with Crippen LogP contribution in [0.15, 0.2) is 64.5 Å². The molecule has 1 aromatic heterocycles. The van der Waals surface area contributed by atoms with Crippen LogP contribution in [0.4, 0.5) is 0 Å². The maximum atomic E-state index is 11.6. The third kappa shape index (κ3) is 7.42. The number of nitrogens with zero attached hydrogens (tertiary/aromatic N) is 2.